The number of anilines is 1. The van der Waals surface area contributed by atoms with Crippen molar-refractivity contribution in [2.45, 2.75) is 74.8 Å². The average Bonchev–Trinajstić information content (AvgIpc) is 3.76. The smallest absolute Gasteiger partial charge is 0.335 e. The molecule has 2 heterocycles. The Balaban J connectivity index is 1.44. The molecule has 41 heavy (non-hydrogen) atoms. The molecule has 2 fully saturated rings. The monoisotopic (exact) mass is 593 g/mol. The second kappa shape index (κ2) is 10.4. The summed E-state index contributed by atoms with van der Waals surface area (Å²) < 4.78 is 30.6. The van der Waals surface area contributed by atoms with Crippen LogP contribution in [0.15, 0.2) is 59.6 Å². The predicted molar refractivity (Wildman–Crippen MR) is 156 cm³/mol. The van der Waals surface area contributed by atoms with Crippen LogP contribution >= 0.6 is 11.6 Å². The van der Waals surface area contributed by atoms with Crippen molar-refractivity contribution in [2.75, 3.05) is 4.31 Å². The number of benzene rings is 2. The highest BCUT2D eigenvalue weighted by molar-refractivity contribution is 7.93. The van der Waals surface area contributed by atoms with E-state index in [9.17, 15) is 23.1 Å². The summed E-state index contributed by atoms with van der Waals surface area (Å²) in [5.74, 6) is -1.23. The Kier molecular flexibility index (Phi) is 7.06. The second-order valence-electron chi connectivity index (χ2n) is 11.4. The van der Waals surface area contributed by atoms with Crippen LogP contribution in [-0.2, 0) is 22.0 Å². The van der Waals surface area contributed by atoms with Crippen molar-refractivity contribution in [1.82, 2.24) is 10.3 Å². The molecule has 6 rings (SSSR count). The van der Waals surface area contributed by atoms with Crippen molar-refractivity contribution in [2.24, 2.45) is 5.92 Å². The molecular formula is C31H32ClN3O5S. The van der Waals surface area contributed by atoms with Gasteiger partial charge in [0.05, 0.1) is 39.4 Å². The van der Waals surface area contributed by atoms with Gasteiger partial charge in [0, 0.05) is 17.2 Å². The molecule has 1 amide bonds. The summed E-state index contributed by atoms with van der Waals surface area (Å²) in [6, 6.07) is 12.9. The molecule has 0 bridgehead atoms. The van der Waals surface area contributed by atoms with Crippen molar-refractivity contribution < 1.29 is 23.1 Å². The van der Waals surface area contributed by atoms with E-state index in [1.54, 1.807) is 41.7 Å². The number of nitrogens with zero attached hydrogens (tertiary/aromatic N) is 2. The summed E-state index contributed by atoms with van der Waals surface area (Å²) in [4.78, 5) is 29.4. The number of rotatable bonds is 7. The maximum Gasteiger partial charge on any atom is 0.335 e. The molecule has 2 aromatic carbocycles. The SMILES string of the molecule is Cc1c(C(=O)O)cccc1S(=O)(=O)N1c2ccc(C(=O)NCc3ncccc3Cl)cc2C2(CCCCC2)C1C1CC1. The number of fused-ring (bicyclic) bond motifs is 2. The second-order valence-corrected chi connectivity index (χ2v) is 13.6. The number of carboxylic acid groups (broad SMARTS) is 1. The molecular weight excluding hydrogens is 562 g/mol. The number of carbonyl (C=O) groups excluding carboxylic acids is 1. The molecule has 1 aromatic heterocycles. The number of amides is 1. The van der Waals surface area contributed by atoms with E-state index in [1.807, 2.05) is 6.07 Å². The first-order valence-corrected chi connectivity index (χ1v) is 15.9. The van der Waals surface area contributed by atoms with Crippen molar-refractivity contribution in [3.8, 4) is 0 Å². The van der Waals surface area contributed by atoms with Crippen LogP contribution in [0.25, 0.3) is 0 Å². The first kappa shape index (κ1) is 27.7. The maximum absolute atomic E-state index is 14.5. The molecule has 2 N–H and O–H groups in total. The third kappa shape index (κ3) is 4.69. The summed E-state index contributed by atoms with van der Waals surface area (Å²) in [5.41, 5.74) is 2.31. The Labute approximate surface area is 244 Å². The zero-order chi connectivity index (χ0) is 28.9. The summed E-state index contributed by atoms with van der Waals surface area (Å²) in [5, 5.41) is 13.1. The van der Waals surface area contributed by atoms with Crippen LogP contribution in [0.5, 0.6) is 0 Å². The first-order chi connectivity index (χ1) is 19.6. The normalized spacial score (nSPS) is 19.7. The van der Waals surface area contributed by atoms with Gasteiger partial charge in [0.2, 0.25) is 0 Å². The minimum absolute atomic E-state index is 0.0101. The average molecular weight is 594 g/mol. The van der Waals surface area contributed by atoms with Gasteiger partial charge in [-0.1, -0.05) is 36.9 Å². The maximum atomic E-state index is 14.5. The molecule has 10 heteroatoms. The van der Waals surface area contributed by atoms with Gasteiger partial charge in [-0.25, -0.2) is 13.2 Å². The fourth-order valence-electron chi connectivity index (χ4n) is 6.93. The molecule has 1 aliphatic heterocycles. The highest BCUT2D eigenvalue weighted by Crippen LogP contribution is 2.60. The third-order valence-corrected chi connectivity index (χ3v) is 11.3. The molecule has 2 saturated carbocycles. The van der Waals surface area contributed by atoms with E-state index in [-0.39, 0.29) is 40.4 Å². The van der Waals surface area contributed by atoms with Gasteiger partial charge in [-0.15, -0.1) is 0 Å². The number of halogens is 1. The van der Waals surface area contributed by atoms with Crippen LogP contribution < -0.4 is 9.62 Å². The van der Waals surface area contributed by atoms with Gasteiger partial charge < -0.3 is 10.4 Å². The van der Waals surface area contributed by atoms with Gasteiger partial charge in [0.1, 0.15) is 0 Å². The largest absolute Gasteiger partial charge is 0.478 e. The van der Waals surface area contributed by atoms with E-state index >= 15 is 0 Å². The molecule has 0 radical (unpaired) electrons. The van der Waals surface area contributed by atoms with Crippen LogP contribution in [0.3, 0.4) is 0 Å². The number of aromatic carboxylic acids is 1. The Morgan fingerprint density at radius 1 is 1.10 bits per heavy atom. The zero-order valence-corrected chi connectivity index (χ0v) is 24.3. The van der Waals surface area contributed by atoms with Gasteiger partial charge in [0.15, 0.2) is 0 Å². The number of carboxylic acids is 1. The van der Waals surface area contributed by atoms with Crippen molar-refractivity contribution in [3.63, 3.8) is 0 Å². The van der Waals surface area contributed by atoms with Crippen LogP contribution in [0.1, 0.15) is 82.5 Å². The first-order valence-electron chi connectivity index (χ1n) is 14.0. The van der Waals surface area contributed by atoms with Crippen LogP contribution in [-0.4, -0.2) is 36.4 Å². The lowest BCUT2D eigenvalue weighted by atomic mass is 9.65. The molecule has 1 unspecified atom stereocenters. The molecule has 3 aliphatic rings. The Morgan fingerprint density at radius 3 is 2.54 bits per heavy atom. The molecule has 0 saturated heterocycles. The lowest BCUT2D eigenvalue weighted by molar-refractivity contribution is 0.0695. The van der Waals surface area contributed by atoms with Gasteiger partial charge in [0.25, 0.3) is 15.9 Å². The van der Waals surface area contributed by atoms with Gasteiger partial charge in [-0.3, -0.25) is 14.1 Å². The molecule has 3 aromatic rings. The standard InChI is InChI=1S/C31H32ClN3O5S/c1-19-22(30(37)38)7-5-9-27(19)41(39,40)35-26-13-12-21(29(36)34-18-25-24(32)8-6-16-33-25)17-23(26)31(14-3-2-4-15-31)28(35)20-10-11-20/h5-9,12-13,16-17,20,28H,2-4,10-11,14-15,18H2,1H3,(H,34,36)(H,37,38). The summed E-state index contributed by atoms with van der Waals surface area (Å²) >= 11 is 6.22. The fraction of sp³-hybridized carbons (Fsp3) is 0.387. The number of nitrogens with one attached hydrogen (secondary N) is 1. The summed E-state index contributed by atoms with van der Waals surface area (Å²) in [6.07, 6.45) is 8.25. The van der Waals surface area contributed by atoms with Gasteiger partial charge >= 0.3 is 5.97 Å². The van der Waals surface area contributed by atoms with E-state index in [4.69, 9.17) is 11.6 Å². The molecule has 2 aliphatic carbocycles. The lowest BCUT2D eigenvalue weighted by Gasteiger charge is -2.42. The molecule has 8 nitrogen and oxygen atoms in total. The minimum Gasteiger partial charge on any atom is -0.478 e. The molecule has 1 spiro atoms. The molecule has 1 atom stereocenters. The van der Waals surface area contributed by atoms with Crippen molar-refractivity contribution in [3.05, 3.63) is 87.7 Å². The van der Waals surface area contributed by atoms with Gasteiger partial charge in [-0.05, 0) is 92.1 Å². The number of aromatic nitrogens is 1. The van der Waals surface area contributed by atoms with Crippen LogP contribution in [0.2, 0.25) is 5.02 Å². The number of pyridine rings is 1. The quantitative estimate of drug-likeness (QED) is 0.354. The Morgan fingerprint density at radius 2 is 1.85 bits per heavy atom. The van der Waals surface area contributed by atoms with E-state index in [0.717, 1.165) is 50.5 Å². The van der Waals surface area contributed by atoms with E-state index in [2.05, 4.69) is 10.3 Å². The van der Waals surface area contributed by atoms with E-state index in [1.165, 1.54) is 18.2 Å². The van der Waals surface area contributed by atoms with E-state index in [0.29, 0.717) is 22.0 Å². The summed E-state index contributed by atoms with van der Waals surface area (Å²) in [6.45, 7) is 1.72. The predicted octanol–water partition coefficient (Wildman–Crippen LogP) is 5.86. The Bertz CT molecular complexity index is 1650. The Hall–Kier alpha value is -3.43. The van der Waals surface area contributed by atoms with E-state index < -0.39 is 21.4 Å². The summed E-state index contributed by atoms with van der Waals surface area (Å²) in [7, 11) is -4.11. The highest BCUT2D eigenvalue weighted by Gasteiger charge is 2.59. The number of hydrogen-bond acceptors (Lipinski definition) is 5. The fourth-order valence-corrected chi connectivity index (χ4v) is 9.17. The molecule has 214 valence electrons. The highest BCUT2D eigenvalue weighted by atomic mass is 35.5. The number of hydrogen-bond donors (Lipinski definition) is 2. The van der Waals surface area contributed by atoms with Crippen molar-refractivity contribution in [1.29, 1.82) is 0 Å². The van der Waals surface area contributed by atoms with Crippen LogP contribution in [0.4, 0.5) is 5.69 Å². The van der Waals surface area contributed by atoms with Crippen molar-refractivity contribution >= 4 is 39.2 Å². The topological polar surface area (TPSA) is 117 Å². The van der Waals surface area contributed by atoms with Gasteiger partial charge in [-0.2, -0.15) is 0 Å². The lowest BCUT2D eigenvalue weighted by Crippen LogP contribution is -2.49. The zero-order valence-electron chi connectivity index (χ0n) is 22.8. The van der Waals surface area contributed by atoms with Crippen LogP contribution in [0, 0.1) is 12.8 Å². The number of carbonyl (C=O) groups is 2. The third-order valence-electron chi connectivity index (χ3n) is 8.97. The minimum atomic E-state index is -4.11. The number of sulfonamides is 1.